The van der Waals surface area contributed by atoms with E-state index in [4.69, 9.17) is 24.3 Å². The summed E-state index contributed by atoms with van der Waals surface area (Å²) in [4.78, 5) is 16.6. The number of benzene rings is 3. The van der Waals surface area contributed by atoms with Crippen molar-refractivity contribution in [1.29, 1.82) is 0 Å². The van der Waals surface area contributed by atoms with Crippen LogP contribution in [0, 0.1) is 6.92 Å². The van der Waals surface area contributed by atoms with E-state index >= 15 is 0 Å². The Bertz CT molecular complexity index is 1250. The van der Waals surface area contributed by atoms with Gasteiger partial charge in [0.15, 0.2) is 6.61 Å². The number of carboxylic acids is 1. The summed E-state index contributed by atoms with van der Waals surface area (Å²) in [6.07, 6.45) is 0. The summed E-state index contributed by atoms with van der Waals surface area (Å²) < 4.78 is 16.9. The van der Waals surface area contributed by atoms with Gasteiger partial charge in [-0.1, -0.05) is 42.5 Å². The number of hydrogen-bond donors (Lipinski definition) is 1. The number of methoxy groups -OCH3 is 1. The van der Waals surface area contributed by atoms with Crippen LogP contribution in [0.15, 0.2) is 72.8 Å². The first-order valence-corrected chi connectivity index (χ1v) is 11.1. The number of aromatic nitrogens is 1. The maximum atomic E-state index is 10.7. The van der Waals surface area contributed by atoms with Crippen molar-refractivity contribution in [2.45, 2.75) is 13.5 Å². The van der Waals surface area contributed by atoms with Gasteiger partial charge in [0, 0.05) is 11.1 Å². The standard InChI is InChI=1S/C26H23NO5S/c1-17-14-19(12-13-21(17)32-16-24(28)29)31-15-23-27-25(18-8-4-3-5-9-18)26(33-23)20-10-6-7-11-22(20)30-2/h3-14H,15-16H2,1-2H3,(H,28,29). The maximum Gasteiger partial charge on any atom is 0.341 e. The Morgan fingerprint density at radius 3 is 2.45 bits per heavy atom. The zero-order valence-corrected chi connectivity index (χ0v) is 19.1. The fraction of sp³-hybridized carbons (Fsp3) is 0.154. The molecule has 0 saturated carbocycles. The van der Waals surface area contributed by atoms with E-state index in [0.717, 1.165) is 38.0 Å². The summed E-state index contributed by atoms with van der Waals surface area (Å²) in [5, 5.41) is 9.62. The highest BCUT2D eigenvalue weighted by molar-refractivity contribution is 7.15. The van der Waals surface area contributed by atoms with E-state index < -0.39 is 5.97 Å². The molecule has 33 heavy (non-hydrogen) atoms. The Labute approximate surface area is 196 Å². The van der Waals surface area contributed by atoms with Crippen molar-refractivity contribution in [2.75, 3.05) is 13.7 Å². The van der Waals surface area contributed by atoms with Crippen LogP contribution in [-0.4, -0.2) is 29.8 Å². The van der Waals surface area contributed by atoms with Crippen molar-refractivity contribution in [3.63, 3.8) is 0 Å². The largest absolute Gasteiger partial charge is 0.496 e. The highest BCUT2D eigenvalue weighted by atomic mass is 32.1. The quantitative estimate of drug-likeness (QED) is 0.338. The van der Waals surface area contributed by atoms with Crippen LogP contribution in [0.4, 0.5) is 0 Å². The minimum Gasteiger partial charge on any atom is -0.496 e. The van der Waals surface area contributed by atoms with Crippen LogP contribution >= 0.6 is 11.3 Å². The molecule has 0 amide bonds. The summed E-state index contributed by atoms with van der Waals surface area (Å²) in [5.74, 6) is 0.950. The molecule has 0 saturated heterocycles. The van der Waals surface area contributed by atoms with Gasteiger partial charge >= 0.3 is 5.97 Å². The van der Waals surface area contributed by atoms with Gasteiger partial charge in [-0.3, -0.25) is 0 Å². The minimum atomic E-state index is -1.02. The van der Waals surface area contributed by atoms with Crippen LogP contribution in [0.25, 0.3) is 21.7 Å². The average Bonchev–Trinajstić information content (AvgIpc) is 3.26. The maximum absolute atomic E-state index is 10.7. The van der Waals surface area contributed by atoms with Crippen molar-refractivity contribution >= 4 is 17.3 Å². The van der Waals surface area contributed by atoms with E-state index in [0.29, 0.717) is 18.1 Å². The van der Waals surface area contributed by atoms with Gasteiger partial charge in [0.2, 0.25) is 0 Å². The SMILES string of the molecule is COc1ccccc1-c1sc(COc2ccc(OCC(=O)O)c(C)c2)nc1-c1ccccc1. The van der Waals surface area contributed by atoms with Gasteiger partial charge in [0.1, 0.15) is 28.9 Å². The molecule has 0 fully saturated rings. The molecule has 0 aliphatic carbocycles. The third-order valence-corrected chi connectivity index (χ3v) is 5.99. The second kappa shape index (κ2) is 10.2. The van der Waals surface area contributed by atoms with E-state index in [1.165, 1.54) is 0 Å². The Morgan fingerprint density at radius 1 is 0.970 bits per heavy atom. The number of hydrogen-bond acceptors (Lipinski definition) is 6. The first kappa shape index (κ1) is 22.4. The molecule has 0 radical (unpaired) electrons. The summed E-state index contributed by atoms with van der Waals surface area (Å²) in [7, 11) is 1.66. The number of aliphatic carboxylic acids is 1. The fourth-order valence-corrected chi connectivity index (χ4v) is 4.42. The first-order chi connectivity index (χ1) is 16.0. The second-order valence-corrected chi connectivity index (χ2v) is 8.33. The molecule has 1 aromatic heterocycles. The van der Waals surface area contributed by atoms with Crippen LogP contribution < -0.4 is 14.2 Å². The molecule has 168 valence electrons. The molecule has 0 unspecified atom stereocenters. The lowest BCUT2D eigenvalue weighted by molar-refractivity contribution is -0.139. The lowest BCUT2D eigenvalue weighted by atomic mass is 10.1. The number of carboxylic acid groups (broad SMARTS) is 1. The Balaban J connectivity index is 1.60. The third kappa shape index (κ3) is 5.32. The summed E-state index contributed by atoms with van der Waals surface area (Å²) >= 11 is 1.57. The summed E-state index contributed by atoms with van der Waals surface area (Å²) in [6.45, 7) is 1.77. The normalized spacial score (nSPS) is 10.6. The number of para-hydroxylation sites is 1. The molecule has 6 nitrogen and oxygen atoms in total. The smallest absolute Gasteiger partial charge is 0.341 e. The molecular formula is C26H23NO5S. The Morgan fingerprint density at radius 2 is 1.73 bits per heavy atom. The van der Waals surface area contributed by atoms with Gasteiger partial charge in [0.05, 0.1) is 17.7 Å². The third-order valence-electron chi connectivity index (χ3n) is 4.93. The van der Waals surface area contributed by atoms with E-state index in [2.05, 4.69) is 0 Å². The monoisotopic (exact) mass is 461 g/mol. The molecule has 4 rings (SSSR count). The molecule has 0 bridgehead atoms. The highest BCUT2D eigenvalue weighted by Gasteiger charge is 2.18. The summed E-state index contributed by atoms with van der Waals surface area (Å²) in [6, 6.07) is 23.2. The van der Waals surface area contributed by atoms with Crippen LogP contribution in [0.1, 0.15) is 10.6 Å². The zero-order valence-electron chi connectivity index (χ0n) is 18.3. The topological polar surface area (TPSA) is 77.9 Å². The lowest BCUT2D eigenvalue weighted by Crippen LogP contribution is -2.10. The van der Waals surface area contributed by atoms with Crippen molar-refractivity contribution in [3.8, 4) is 38.9 Å². The predicted molar refractivity (Wildman–Crippen MR) is 128 cm³/mol. The van der Waals surface area contributed by atoms with Gasteiger partial charge in [-0.25, -0.2) is 9.78 Å². The van der Waals surface area contributed by atoms with Crippen molar-refractivity contribution in [3.05, 3.63) is 83.4 Å². The molecule has 3 aromatic carbocycles. The van der Waals surface area contributed by atoms with Gasteiger partial charge in [-0.15, -0.1) is 11.3 Å². The van der Waals surface area contributed by atoms with Crippen molar-refractivity contribution in [1.82, 2.24) is 4.98 Å². The molecule has 4 aromatic rings. The molecule has 1 N–H and O–H groups in total. The molecule has 0 spiro atoms. The zero-order chi connectivity index (χ0) is 23.2. The number of ether oxygens (including phenoxy) is 3. The van der Waals surface area contributed by atoms with Crippen LogP contribution in [0.3, 0.4) is 0 Å². The van der Waals surface area contributed by atoms with Crippen LogP contribution in [-0.2, 0) is 11.4 Å². The lowest BCUT2D eigenvalue weighted by Gasteiger charge is -2.09. The van der Waals surface area contributed by atoms with Crippen LogP contribution in [0.2, 0.25) is 0 Å². The van der Waals surface area contributed by atoms with E-state index in [-0.39, 0.29) is 6.61 Å². The average molecular weight is 462 g/mol. The van der Waals surface area contributed by atoms with Gasteiger partial charge < -0.3 is 19.3 Å². The number of aryl methyl sites for hydroxylation is 1. The number of carbonyl (C=O) groups is 1. The van der Waals surface area contributed by atoms with E-state index in [1.54, 1.807) is 30.6 Å². The highest BCUT2D eigenvalue weighted by Crippen LogP contribution is 2.41. The minimum absolute atomic E-state index is 0.300. The molecule has 1 heterocycles. The van der Waals surface area contributed by atoms with E-state index in [1.807, 2.05) is 67.6 Å². The fourth-order valence-electron chi connectivity index (χ4n) is 3.39. The van der Waals surface area contributed by atoms with Crippen molar-refractivity contribution in [2.24, 2.45) is 0 Å². The number of thiazole rings is 1. The molecule has 7 heteroatoms. The molecule has 0 aliphatic heterocycles. The molecular weight excluding hydrogens is 438 g/mol. The van der Waals surface area contributed by atoms with E-state index in [9.17, 15) is 4.79 Å². The Kier molecular flexibility index (Phi) is 6.90. The van der Waals surface area contributed by atoms with Gasteiger partial charge in [0.25, 0.3) is 0 Å². The first-order valence-electron chi connectivity index (χ1n) is 10.3. The Hall–Kier alpha value is -3.84. The second-order valence-electron chi connectivity index (χ2n) is 7.25. The van der Waals surface area contributed by atoms with Gasteiger partial charge in [-0.2, -0.15) is 0 Å². The van der Waals surface area contributed by atoms with Gasteiger partial charge in [-0.05, 0) is 42.8 Å². The molecule has 0 atom stereocenters. The van der Waals surface area contributed by atoms with Crippen molar-refractivity contribution < 1.29 is 24.1 Å². The number of nitrogens with zero attached hydrogens (tertiary/aromatic N) is 1. The van der Waals surface area contributed by atoms with Crippen LogP contribution in [0.5, 0.6) is 17.2 Å². The summed E-state index contributed by atoms with van der Waals surface area (Å²) in [5.41, 5.74) is 3.69. The molecule has 0 aliphatic rings. The number of rotatable bonds is 9. The predicted octanol–water partition coefficient (Wildman–Crippen LogP) is 5.84.